The van der Waals surface area contributed by atoms with Crippen LogP contribution < -0.4 is 5.32 Å². The van der Waals surface area contributed by atoms with E-state index in [0.717, 1.165) is 32.2 Å². The maximum Gasteiger partial charge on any atom is 0.323 e. The molecule has 12 heavy (non-hydrogen) atoms. The fraction of sp³-hybridized carbons (Fsp3) is 0.889. The molecule has 1 atom stereocenters. The van der Waals surface area contributed by atoms with Crippen molar-refractivity contribution in [2.45, 2.75) is 38.6 Å². The minimum absolute atomic E-state index is 0.0261. The highest BCUT2D eigenvalue weighted by Crippen LogP contribution is 2.06. The molecule has 0 radical (unpaired) electrons. The summed E-state index contributed by atoms with van der Waals surface area (Å²) >= 11 is 0. The number of hydrogen-bond donors (Lipinski definition) is 1. The van der Waals surface area contributed by atoms with Gasteiger partial charge in [-0.1, -0.05) is 13.3 Å². The lowest BCUT2D eigenvalue weighted by molar-refractivity contribution is -0.145. The first-order valence-electron chi connectivity index (χ1n) is 4.74. The maximum atomic E-state index is 11.2. The van der Waals surface area contributed by atoms with Gasteiger partial charge < -0.3 is 10.1 Å². The fourth-order valence-corrected chi connectivity index (χ4v) is 1.30. The standard InChI is InChI=1S/C9H17NO2/c1-2-3-7-12-9(11)8-5-4-6-10-8/h8,10H,2-7H2,1H3. The molecule has 0 amide bonds. The number of esters is 1. The number of carbonyl (C=O) groups excluding carboxylic acids is 1. The van der Waals surface area contributed by atoms with E-state index >= 15 is 0 Å². The highest BCUT2D eigenvalue weighted by molar-refractivity contribution is 5.76. The van der Waals surface area contributed by atoms with E-state index in [1.807, 2.05) is 0 Å². The first-order valence-corrected chi connectivity index (χ1v) is 4.74. The summed E-state index contributed by atoms with van der Waals surface area (Å²) < 4.78 is 5.06. The van der Waals surface area contributed by atoms with Crippen molar-refractivity contribution in [3.8, 4) is 0 Å². The van der Waals surface area contributed by atoms with Gasteiger partial charge in [0.25, 0.3) is 0 Å². The molecule has 0 saturated carbocycles. The number of hydrogen-bond acceptors (Lipinski definition) is 3. The van der Waals surface area contributed by atoms with Crippen molar-refractivity contribution in [2.75, 3.05) is 13.2 Å². The van der Waals surface area contributed by atoms with Crippen molar-refractivity contribution in [1.82, 2.24) is 5.32 Å². The monoisotopic (exact) mass is 171 g/mol. The Morgan fingerprint density at radius 2 is 2.50 bits per heavy atom. The van der Waals surface area contributed by atoms with Crippen LogP contribution in [-0.4, -0.2) is 25.2 Å². The van der Waals surface area contributed by atoms with E-state index in [0.29, 0.717) is 6.61 Å². The topological polar surface area (TPSA) is 38.3 Å². The van der Waals surface area contributed by atoms with Crippen LogP contribution in [0, 0.1) is 0 Å². The fourth-order valence-electron chi connectivity index (χ4n) is 1.30. The van der Waals surface area contributed by atoms with Gasteiger partial charge in [-0.25, -0.2) is 0 Å². The van der Waals surface area contributed by atoms with Crippen LogP contribution in [-0.2, 0) is 9.53 Å². The lowest BCUT2D eigenvalue weighted by Crippen LogP contribution is -2.32. The second-order valence-electron chi connectivity index (χ2n) is 3.17. The minimum Gasteiger partial charge on any atom is -0.465 e. The Labute approximate surface area is 73.5 Å². The van der Waals surface area contributed by atoms with E-state index in [9.17, 15) is 4.79 Å². The lowest BCUT2D eigenvalue weighted by atomic mass is 10.2. The van der Waals surface area contributed by atoms with Crippen LogP contribution in [0.2, 0.25) is 0 Å². The normalized spacial score (nSPS) is 22.6. The highest BCUT2D eigenvalue weighted by atomic mass is 16.5. The molecule has 3 heteroatoms. The molecule has 0 aromatic carbocycles. The molecule has 0 aliphatic carbocycles. The molecular formula is C9H17NO2. The quantitative estimate of drug-likeness (QED) is 0.508. The second-order valence-corrected chi connectivity index (χ2v) is 3.17. The smallest absolute Gasteiger partial charge is 0.323 e. The van der Waals surface area contributed by atoms with Gasteiger partial charge in [0.1, 0.15) is 6.04 Å². The van der Waals surface area contributed by atoms with E-state index in [4.69, 9.17) is 4.74 Å². The average molecular weight is 171 g/mol. The predicted octanol–water partition coefficient (Wildman–Crippen LogP) is 1.08. The molecule has 70 valence electrons. The molecule has 1 aliphatic rings. The van der Waals surface area contributed by atoms with E-state index in [-0.39, 0.29) is 12.0 Å². The van der Waals surface area contributed by atoms with Crippen LogP contribution >= 0.6 is 0 Å². The first kappa shape index (κ1) is 9.52. The molecule has 1 N–H and O–H groups in total. The molecule has 0 spiro atoms. The molecular weight excluding hydrogens is 154 g/mol. The van der Waals surface area contributed by atoms with Crippen LogP contribution in [0.15, 0.2) is 0 Å². The zero-order chi connectivity index (χ0) is 8.81. The van der Waals surface area contributed by atoms with Crippen LogP contribution in [0.3, 0.4) is 0 Å². The SMILES string of the molecule is CCCCOC(=O)C1CCCN1. The lowest BCUT2D eigenvalue weighted by Gasteiger charge is -2.09. The van der Waals surface area contributed by atoms with Crippen molar-refractivity contribution >= 4 is 5.97 Å². The van der Waals surface area contributed by atoms with Gasteiger partial charge in [0.05, 0.1) is 6.61 Å². The predicted molar refractivity (Wildman–Crippen MR) is 46.9 cm³/mol. The molecule has 1 saturated heterocycles. The summed E-state index contributed by atoms with van der Waals surface area (Å²) in [6.45, 7) is 3.61. The summed E-state index contributed by atoms with van der Waals surface area (Å²) in [5.74, 6) is -0.0686. The Bertz CT molecular complexity index is 141. The van der Waals surface area contributed by atoms with Crippen LogP contribution in [0.4, 0.5) is 0 Å². The Balaban J connectivity index is 2.10. The summed E-state index contributed by atoms with van der Waals surface area (Å²) in [6.07, 6.45) is 4.07. The number of nitrogens with one attached hydrogen (secondary N) is 1. The van der Waals surface area contributed by atoms with Crippen LogP contribution in [0.1, 0.15) is 32.6 Å². The van der Waals surface area contributed by atoms with Crippen molar-refractivity contribution < 1.29 is 9.53 Å². The molecule has 1 heterocycles. The van der Waals surface area contributed by atoms with Gasteiger partial charge in [-0.2, -0.15) is 0 Å². The van der Waals surface area contributed by atoms with Gasteiger partial charge in [0.15, 0.2) is 0 Å². The number of carbonyl (C=O) groups is 1. The van der Waals surface area contributed by atoms with Crippen molar-refractivity contribution in [3.05, 3.63) is 0 Å². The molecule has 1 rings (SSSR count). The highest BCUT2D eigenvalue weighted by Gasteiger charge is 2.22. The third-order valence-corrected chi connectivity index (χ3v) is 2.09. The molecule has 1 fully saturated rings. The van der Waals surface area contributed by atoms with Crippen molar-refractivity contribution in [3.63, 3.8) is 0 Å². The zero-order valence-corrected chi connectivity index (χ0v) is 7.64. The Kier molecular flexibility index (Phi) is 4.08. The van der Waals surface area contributed by atoms with Gasteiger partial charge in [-0.15, -0.1) is 0 Å². The van der Waals surface area contributed by atoms with Gasteiger partial charge >= 0.3 is 5.97 Å². The molecule has 3 nitrogen and oxygen atoms in total. The van der Waals surface area contributed by atoms with E-state index in [1.54, 1.807) is 0 Å². The first-order chi connectivity index (χ1) is 5.84. The molecule has 0 bridgehead atoms. The Hall–Kier alpha value is -0.570. The zero-order valence-electron chi connectivity index (χ0n) is 7.64. The van der Waals surface area contributed by atoms with E-state index in [1.165, 1.54) is 0 Å². The molecule has 1 aliphatic heterocycles. The van der Waals surface area contributed by atoms with Gasteiger partial charge in [0.2, 0.25) is 0 Å². The minimum atomic E-state index is -0.0686. The summed E-state index contributed by atoms with van der Waals surface area (Å²) in [7, 11) is 0. The molecule has 1 unspecified atom stereocenters. The summed E-state index contributed by atoms with van der Waals surface area (Å²) in [5, 5.41) is 3.11. The third-order valence-electron chi connectivity index (χ3n) is 2.09. The largest absolute Gasteiger partial charge is 0.465 e. The Morgan fingerprint density at radius 1 is 1.67 bits per heavy atom. The van der Waals surface area contributed by atoms with E-state index < -0.39 is 0 Å². The summed E-state index contributed by atoms with van der Waals surface area (Å²) in [4.78, 5) is 11.2. The van der Waals surface area contributed by atoms with Gasteiger partial charge in [-0.3, -0.25) is 4.79 Å². The molecule has 0 aromatic heterocycles. The number of unbranched alkanes of at least 4 members (excludes halogenated alkanes) is 1. The molecule has 0 aromatic rings. The average Bonchev–Trinajstić information content (AvgIpc) is 2.56. The third kappa shape index (κ3) is 2.81. The maximum absolute atomic E-state index is 11.2. The van der Waals surface area contributed by atoms with Gasteiger partial charge in [-0.05, 0) is 25.8 Å². The van der Waals surface area contributed by atoms with E-state index in [2.05, 4.69) is 12.2 Å². The van der Waals surface area contributed by atoms with Crippen molar-refractivity contribution in [2.24, 2.45) is 0 Å². The Morgan fingerprint density at radius 3 is 3.08 bits per heavy atom. The second kappa shape index (κ2) is 5.14. The summed E-state index contributed by atoms with van der Waals surface area (Å²) in [5.41, 5.74) is 0. The number of ether oxygens (including phenoxy) is 1. The van der Waals surface area contributed by atoms with Crippen molar-refractivity contribution in [1.29, 1.82) is 0 Å². The van der Waals surface area contributed by atoms with Gasteiger partial charge in [0, 0.05) is 0 Å². The van der Waals surface area contributed by atoms with Crippen LogP contribution in [0.25, 0.3) is 0 Å². The van der Waals surface area contributed by atoms with Crippen LogP contribution in [0.5, 0.6) is 0 Å². The number of rotatable bonds is 4. The summed E-state index contributed by atoms with van der Waals surface area (Å²) in [6, 6.07) is -0.0261.